The molecule has 0 radical (unpaired) electrons. The molecule has 2 rings (SSSR count). The Morgan fingerprint density at radius 2 is 2.20 bits per heavy atom. The number of halogens is 1. The number of hydrogen-bond acceptors (Lipinski definition) is 4. The first-order chi connectivity index (χ1) is 9.56. The number of amides is 1. The first kappa shape index (κ1) is 14.1. The van der Waals surface area contributed by atoms with E-state index in [1.165, 1.54) is 34.9 Å². The topological polar surface area (TPSA) is 79.3 Å². The molecule has 104 valence electrons. The Hall–Kier alpha value is -2.28. The van der Waals surface area contributed by atoms with Gasteiger partial charge in [0.2, 0.25) is 0 Å². The number of aromatic carboxylic acids is 1. The molecule has 1 amide bonds. The van der Waals surface area contributed by atoms with Crippen LogP contribution in [0.25, 0.3) is 0 Å². The molecule has 5 nitrogen and oxygen atoms in total. The zero-order valence-corrected chi connectivity index (χ0v) is 11.1. The van der Waals surface area contributed by atoms with Crippen molar-refractivity contribution in [2.75, 3.05) is 6.54 Å². The van der Waals surface area contributed by atoms with Gasteiger partial charge in [0, 0.05) is 23.9 Å². The lowest BCUT2D eigenvalue weighted by molar-refractivity contribution is 0.0690. The molecular formula is C13H11FN2O3S. The molecular weight excluding hydrogens is 283 g/mol. The van der Waals surface area contributed by atoms with Crippen LogP contribution < -0.4 is 5.32 Å². The van der Waals surface area contributed by atoms with Crippen molar-refractivity contribution in [2.45, 2.75) is 6.42 Å². The van der Waals surface area contributed by atoms with Gasteiger partial charge in [0.1, 0.15) is 5.82 Å². The second-order valence-electron chi connectivity index (χ2n) is 3.95. The minimum absolute atomic E-state index is 0.00135. The number of hydrogen-bond donors (Lipinski definition) is 2. The number of nitrogens with one attached hydrogen (secondary N) is 1. The summed E-state index contributed by atoms with van der Waals surface area (Å²) in [5.74, 6) is -1.92. The largest absolute Gasteiger partial charge is 0.476 e. The summed E-state index contributed by atoms with van der Waals surface area (Å²) in [5.41, 5.74) is 0.247. The molecule has 0 spiro atoms. The van der Waals surface area contributed by atoms with E-state index in [1.54, 1.807) is 0 Å². The number of carboxylic acid groups (broad SMARTS) is 1. The summed E-state index contributed by atoms with van der Waals surface area (Å²) in [6.45, 7) is 0.307. The van der Waals surface area contributed by atoms with Gasteiger partial charge in [-0.05, 0) is 18.2 Å². The fourth-order valence-corrected chi connectivity index (χ4v) is 2.31. The van der Waals surface area contributed by atoms with Crippen LogP contribution in [-0.4, -0.2) is 28.5 Å². The van der Waals surface area contributed by atoms with Gasteiger partial charge in [0.05, 0.1) is 5.01 Å². The number of carbonyl (C=O) groups excluding carboxylic acids is 1. The first-order valence-corrected chi connectivity index (χ1v) is 6.65. The molecule has 7 heteroatoms. The van der Waals surface area contributed by atoms with Crippen molar-refractivity contribution in [1.29, 1.82) is 0 Å². The van der Waals surface area contributed by atoms with Gasteiger partial charge in [-0.15, -0.1) is 11.3 Å². The predicted octanol–water partition coefficient (Wildman–Crippen LogP) is 1.95. The Morgan fingerprint density at radius 3 is 2.85 bits per heavy atom. The van der Waals surface area contributed by atoms with Gasteiger partial charge in [-0.2, -0.15) is 0 Å². The maximum absolute atomic E-state index is 12.9. The SMILES string of the molecule is O=C(NCCc1nc(C(=O)O)cs1)c1cccc(F)c1. The van der Waals surface area contributed by atoms with Gasteiger partial charge in [-0.25, -0.2) is 14.2 Å². The highest BCUT2D eigenvalue weighted by Gasteiger charge is 2.09. The van der Waals surface area contributed by atoms with Crippen molar-refractivity contribution in [2.24, 2.45) is 0 Å². The third kappa shape index (κ3) is 3.61. The van der Waals surface area contributed by atoms with Gasteiger partial charge in [-0.3, -0.25) is 4.79 Å². The van der Waals surface area contributed by atoms with Crippen LogP contribution in [-0.2, 0) is 6.42 Å². The molecule has 1 heterocycles. The van der Waals surface area contributed by atoms with E-state index in [1.807, 2.05) is 0 Å². The van der Waals surface area contributed by atoms with Crippen molar-refractivity contribution in [1.82, 2.24) is 10.3 Å². The van der Waals surface area contributed by atoms with Gasteiger partial charge in [0.15, 0.2) is 5.69 Å². The van der Waals surface area contributed by atoms with Crippen LogP contribution in [0.3, 0.4) is 0 Å². The Kier molecular flexibility index (Phi) is 4.41. The summed E-state index contributed by atoms with van der Waals surface area (Å²) in [7, 11) is 0. The summed E-state index contributed by atoms with van der Waals surface area (Å²) >= 11 is 1.22. The second-order valence-corrected chi connectivity index (χ2v) is 4.89. The molecule has 0 aliphatic carbocycles. The molecule has 2 N–H and O–H groups in total. The van der Waals surface area contributed by atoms with Gasteiger partial charge in [0.25, 0.3) is 5.91 Å². The van der Waals surface area contributed by atoms with Crippen molar-refractivity contribution in [3.63, 3.8) is 0 Å². The summed E-state index contributed by atoms with van der Waals surface area (Å²) in [6.07, 6.45) is 0.430. The number of rotatable bonds is 5. The van der Waals surface area contributed by atoms with E-state index in [0.29, 0.717) is 18.0 Å². The minimum atomic E-state index is -1.07. The van der Waals surface area contributed by atoms with Crippen molar-refractivity contribution < 1.29 is 19.1 Å². The van der Waals surface area contributed by atoms with Crippen LogP contribution in [0.4, 0.5) is 4.39 Å². The average molecular weight is 294 g/mol. The lowest BCUT2D eigenvalue weighted by atomic mass is 10.2. The number of carbonyl (C=O) groups is 2. The molecule has 0 aliphatic rings. The number of aromatic nitrogens is 1. The quantitative estimate of drug-likeness (QED) is 0.883. The first-order valence-electron chi connectivity index (χ1n) is 5.78. The Balaban J connectivity index is 1.86. The number of nitrogens with zero attached hydrogens (tertiary/aromatic N) is 1. The van der Waals surface area contributed by atoms with Crippen LogP contribution in [0, 0.1) is 5.82 Å². The smallest absolute Gasteiger partial charge is 0.355 e. The van der Waals surface area contributed by atoms with E-state index < -0.39 is 11.8 Å². The Bertz CT molecular complexity index is 642. The molecule has 1 aromatic carbocycles. The fourth-order valence-electron chi connectivity index (χ4n) is 1.54. The Labute approximate surface area is 118 Å². The zero-order valence-electron chi connectivity index (χ0n) is 10.3. The highest BCUT2D eigenvalue weighted by Crippen LogP contribution is 2.10. The van der Waals surface area contributed by atoms with Crippen LogP contribution in [0.1, 0.15) is 25.9 Å². The zero-order chi connectivity index (χ0) is 14.5. The highest BCUT2D eigenvalue weighted by atomic mass is 32.1. The minimum Gasteiger partial charge on any atom is -0.476 e. The molecule has 0 saturated carbocycles. The van der Waals surface area contributed by atoms with Gasteiger partial charge < -0.3 is 10.4 Å². The normalized spacial score (nSPS) is 10.2. The molecule has 0 aliphatic heterocycles. The van der Waals surface area contributed by atoms with E-state index in [2.05, 4.69) is 10.3 Å². The van der Waals surface area contributed by atoms with Crippen molar-refractivity contribution >= 4 is 23.2 Å². The summed E-state index contributed by atoms with van der Waals surface area (Å²) in [6, 6.07) is 5.40. The number of thiazole rings is 1. The molecule has 1 aromatic heterocycles. The third-order valence-corrected chi connectivity index (χ3v) is 3.39. The predicted molar refractivity (Wildman–Crippen MR) is 71.5 cm³/mol. The molecule has 0 bridgehead atoms. The molecule has 0 saturated heterocycles. The van der Waals surface area contributed by atoms with E-state index in [4.69, 9.17) is 5.11 Å². The monoisotopic (exact) mass is 294 g/mol. The van der Waals surface area contributed by atoms with E-state index in [0.717, 1.165) is 6.07 Å². The van der Waals surface area contributed by atoms with Crippen LogP contribution in [0.2, 0.25) is 0 Å². The second kappa shape index (κ2) is 6.25. The maximum atomic E-state index is 12.9. The lowest BCUT2D eigenvalue weighted by Gasteiger charge is -2.03. The van der Waals surface area contributed by atoms with Gasteiger partial charge >= 0.3 is 5.97 Å². The van der Waals surface area contributed by atoms with Crippen molar-refractivity contribution in [3.05, 3.63) is 51.7 Å². The molecule has 0 unspecified atom stereocenters. The Morgan fingerprint density at radius 1 is 1.40 bits per heavy atom. The molecule has 0 fully saturated rings. The molecule has 2 aromatic rings. The van der Waals surface area contributed by atoms with Crippen LogP contribution in [0.15, 0.2) is 29.6 Å². The standard InChI is InChI=1S/C13H11FN2O3S/c14-9-3-1-2-8(6-9)12(17)15-5-4-11-16-10(7-20-11)13(18)19/h1-3,6-7H,4-5H2,(H,15,17)(H,18,19). The summed E-state index contributed by atoms with van der Waals surface area (Å²) in [4.78, 5) is 26.3. The third-order valence-electron chi connectivity index (χ3n) is 2.48. The van der Waals surface area contributed by atoms with E-state index in [9.17, 15) is 14.0 Å². The summed E-state index contributed by atoms with van der Waals surface area (Å²) in [5, 5.41) is 13.4. The van der Waals surface area contributed by atoms with E-state index in [-0.39, 0.29) is 17.2 Å². The van der Waals surface area contributed by atoms with Crippen LogP contribution >= 0.6 is 11.3 Å². The van der Waals surface area contributed by atoms with Gasteiger partial charge in [-0.1, -0.05) is 6.07 Å². The number of carboxylic acids is 1. The number of benzene rings is 1. The highest BCUT2D eigenvalue weighted by molar-refractivity contribution is 7.09. The molecule has 20 heavy (non-hydrogen) atoms. The maximum Gasteiger partial charge on any atom is 0.355 e. The lowest BCUT2D eigenvalue weighted by Crippen LogP contribution is -2.25. The average Bonchev–Trinajstić information content (AvgIpc) is 2.87. The van der Waals surface area contributed by atoms with Crippen LogP contribution in [0.5, 0.6) is 0 Å². The molecule has 0 atom stereocenters. The van der Waals surface area contributed by atoms with Crippen molar-refractivity contribution in [3.8, 4) is 0 Å². The fraction of sp³-hybridized carbons (Fsp3) is 0.154. The summed E-state index contributed by atoms with van der Waals surface area (Å²) < 4.78 is 12.9. The van der Waals surface area contributed by atoms with E-state index >= 15 is 0 Å².